The van der Waals surface area contributed by atoms with E-state index in [1.165, 1.54) is 13.3 Å². The van der Waals surface area contributed by atoms with Gasteiger partial charge in [-0.15, -0.1) is 0 Å². The quantitative estimate of drug-likeness (QED) is 0.176. The number of aryl methyl sites for hydroxylation is 1. The van der Waals surface area contributed by atoms with Crippen molar-refractivity contribution in [1.82, 2.24) is 9.97 Å². The van der Waals surface area contributed by atoms with E-state index in [1.807, 2.05) is 31.2 Å². The number of primary amides is 1. The molecule has 1 fully saturated rings. The molecule has 1 aliphatic heterocycles. The molecule has 0 spiro atoms. The summed E-state index contributed by atoms with van der Waals surface area (Å²) in [6, 6.07) is 17.1. The lowest BCUT2D eigenvalue weighted by atomic mass is 9.99. The molecule has 0 radical (unpaired) electrons. The number of carbonyl (C=O) groups is 1. The minimum Gasteiger partial charge on any atom is -0.485 e. The molecule has 1 aliphatic rings. The van der Waals surface area contributed by atoms with E-state index in [2.05, 4.69) is 21.0 Å². The highest BCUT2D eigenvalue weighted by Crippen LogP contribution is 2.35. The molecule has 0 bridgehead atoms. The van der Waals surface area contributed by atoms with Crippen molar-refractivity contribution >= 4 is 17.8 Å². The number of ether oxygens (including phenoxy) is 2. The summed E-state index contributed by atoms with van der Waals surface area (Å²) in [5.74, 6) is -0.412. The zero-order valence-electron chi connectivity index (χ0n) is 23.1. The number of amides is 1. The standard InChI is InChI=1S/C30H30FN5O3.CH5N/c1-2-18-13-24(27(31)26(14-18)39-21-11-12-38-17-21)28(35-20-9-7-19(15-32)8-10-20)30-34-16-25(36-30)22-5-3-4-6-23(22)29(33)37;1-2/h3-10,13-16,21,28,32,35H,2,11-12,17H2,1H3,(H2,33,37)(H,34,36);2H2,1H3. The van der Waals surface area contributed by atoms with Gasteiger partial charge in [0.2, 0.25) is 5.91 Å². The lowest BCUT2D eigenvalue weighted by Gasteiger charge is -2.22. The molecule has 2 atom stereocenters. The van der Waals surface area contributed by atoms with Gasteiger partial charge in [0, 0.05) is 35.0 Å². The summed E-state index contributed by atoms with van der Waals surface area (Å²) in [6.45, 7) is 3.02. The fraction of sp³-hybridized carbons (Fsp3) is 0.258. The van der Waals surface area contributed by atoms with E-state index in [9.17, 15) is 4.79 Å². The van der Waals surface area contributed by atoms with Crippen molar-refractivity contribution in [2.45, 2.75) is 31.9 Å². The maximum atomic E-state index is 16.2. The van der Waals surface area contributed by atoms with E-state index < -0.39 is 17.8 Å². The van der Waals surface area contributed by atoms with Crippen molar-refractivity contribution < 1.29 is 18.7 Å². The number of anilines is 1. The summed E-state index contributed by atoms with van der Waals surface area (Å²) >= 11 is 0. The Kier molecular flexibility index (Phi) is 9.83. The van der Waals surface area contributed by atoms with Gasteiger partial charge in [-0.25, -0.2) is 9.37 Å². The SMILES string of the molecule is CCc1cc(OC2CCOC2)c(F)c(C(Nc2ccc(C=N)cc2)c2ncc(-c3ccccc3C(N)=O)[nH]2)c1.CN. The van der Waals surface area contributed by atoms with Crippen LogP contribution in [0.5, 0.6) is 5.75 Å². The third-order valence-corrected chi connectivity index (χ3v) is 6.77. The Balaban J connectivity index is 0.00000189. The number of halogens is 1. The largest absolute Gasteiger partial charge is 0.485 e. The van der Waals surface area contributed by atoms with Crippen LogP contribution in [0.2, 0.25) is 0 Å². The molecular weight excluding hydrogens is 523 g/mol. The highest BCUT2D eigenvalue weighted by molar-refractivity contribution is 5.99. The molecule has 1 aromatic heterocycles. The molecule has 0 saturated carbocycles. The second-order valence-corrected chi connectivity index (χ2v) is 9.39. The molecule has 41 heavy (non-hydrogen) atoms. The monoisotopic (exact) mass is 558 g/mol. The van der Waals surface area contributed by atoms with Crippen LogP contribution in [0.4, 0.5) is 10.1 Å². The van der Waals surface area contributed by atoms with Gasteiger partial charge >= 0.3 is 0 Å². The molecule has 214 valence electrons. The number of H-pyrrole nitrogens is 1. The number of rotatable bonds is 10. The van der Waals surface area contributed by atoms with Gasteiger partial charge in [0.25, 0.3) is 0 Å². The number of nitrogens with zero attached hydrogens (tertiary/aromatic N) is 1. The van der Waals surface area contributed by atoms with Gasteiger partial charge < -0.3 is 36.7 Å². The molecule has 10 heteroatoms. The molecule has 4 aromatic rings. The first-order valence-electron chi connectivity index (χ1n) is 13.4. The first-order chi connectivity index (χ1) is 20.0. The Hall–Kier alpha value is -4.54. The van der Waals surface area contributed by atoms with Crippen molar-refractivity contribution in [3.8, 4) is 17.0 Å². The lowest BCUT2D eigenvalue weighted by Crippen LogP contribution is -2.20. The molecule has 1 saturated heterocycles. The van der Waals surface area contributed by atoms with Crippen LogP contribution < -0.4 is 21.5 Å². The maximum absolute atomic E-state index is 16.2. The van der Waals surface area contributed by atoms with E-state index in [1.54, 1.807) is 42.6 Å². The fourth-order valence-corrected chi connectivity index (χ4v) is 4.65. The maximum Gasteiger partial charge on any atom is 0.249 e. The Morgan fingerprint density at radius 1 is 1.24 bits per heavy atom. The van der Waals surface area contributed by atoms with E-state index >= 15 is 4.39 Å². The van der Waals surface area contributed by atoms with Crippen molar-refractivity contribution in [3.05, 3.63) is 101 Å². The van der Waals surface area contributed by atoms with Crippen LogP contribution in [0.3, 0.4) is 0 Å². The Labute approximate surface area is 238 Å². The molecule has 3 aromatic carbocycles. The number of carbonyl (C=O) groups excluding carboxylic acids is 1. The van der Waals surface area contributed by atoms with Crippen molar-refractivity contribution in [2.75, 3.05) is 25.6 Å². The van der Waals surface area contributed by atoms with E-state index in [4.69, 9.17) is 20.6 Å². The Morgan fingerprint density at radius 3 is 2.66 bits per heavy atom. The first kappa shape index (κ1) is 29.4. The predicted molar refractivity (Wildman–Crippen MR) is 158 cm³/mol. The molecule has 7 N–H and O–H groups in total. The average molecular weight is 559 g/mol. The number of aromatic nitrogens is 2. The number of aromatic amines is 1. The number of imidazole rings is 1. The van der Waals surface area contributed by atoms with Gasteiger partial charge in [-0.05, 0) is 48.9 Å². The topological polar surface area (TPSA) is 152 Å². The summed E-state index contributed by atoms with van der Waals surface area (Å²) in [6.07, 6.45) is 4.05. The van der Waals surface area contributed by atoms with Crippen LogP contribution in [-0.4, -0.2) is 48.5 Å². The van der Waals surface area contributed by atoms with E-state index in [0.717, 1.165) is 11.1 Å². The predicted octanol–water partition coefficient (Wildman–Crippen LogP) is 4.82. The summed E-state index contributed by atoms with van der Waals surface area (Å²) in [4.78, 5) is 19.9. The summed E-state index contributed by atoms with van der Waals surface area (Å²) in [5.41, 5.74) is 14.4. The zero-order chi connectivity index (χ0) is 29.4. The van der Waals surface area contributed by atoms with Crippen LogP contribution in [0, 0.1) is 11.2 Å². The van der Waals surface area contributed by atoms with Crippen molar-refractivity contribution in [1.29, 1.82) is 5.41 Å². The third-order valence-electron chi connectivity index (χ3n) is 6.77. The summed E-state index contributed by atoms with van der Waals surface area (Å²) in [5, 5.41) is 10.9. The van der Waals surface area contributed by atoms with Gasteiger partial charge in [-0.1, -0.05) is 43.3 Å². The third kappa shape index (κ3) is 6.79. The Morgan fingerprint density at radius 2 is 2.00 bits per heavy atom. The number of nitrogens with two attached hydrogens (primary N) is 2. The second-order valence-electron chi connectivity index (χ2n) is 9.39. The van der Waals surface area contributed by atoms with Gasteiger partial charge in [0.15, 0.2) is 11.6 Å². The average Bonchev–Trinajstić information content (AvgIpc) is 3.71. The second kappa shape index (κ2) is 13.7. The van der Waals surface area contributed by atoms with Crippen LogP contribution in [-0.2, 0) is 11.2 Å². The number of hydrogen-bond acceptors (Lipinski definition) is 7. The highest BCUT2D eigenvalue weighted by Gasteiger charge is 2.27. The summed E-state index contributed by atoms with van der Waals surface area (Å²) < 4.78 is 27.6. The minimum atomic E-state index is -0.723. The number of nitrogens with one attached hydrogen (secondary N) is 3. The van der Waals surface area contributed by atoms with Crippen LogP contribution in [0.1, 0.15) is 52.3 Å². The molecule has 2 unspecified atom stereocenters. The zero-order valence-corrected chi connectivity index (χ0v) is 23.1. The van der Waals surface area contributed by atoms with Crippen molar-refractivity contribution in [2.24, 2.45) is 11.5 Å². The van der Waals surface area contributed by atoms with Crippen LogP contribution in [0.15, 0.2) is 66.9 Å². The lowest BCUT2D eigenvalue weighted by molar-refractivity contribution is 0.100. The normalized spacial score (nSPS) is 15.0. The van der Waals surface area contributed by atoms with E-state index in [0.29, 0.717) is 60.0 Å². The molecule has 9 nitrogen and oxygen atoms in total. The molecule has 0 aliphatic carbocycles. The van der Waals surface area contributed by atoms with E-state index in [-0.39, 0.29) is 11.9 Å². The van der Waals surface area contributed by atoms with Gasteiger partial charge in [-0.2, -0.15) is 0 Å². The molecular formula is C31H35FN6O3. The van der Waals surface area contributed by atoms with Gasteiger partial charge in [-0.3, -0.25) is 4.79 Å². The first-order valence-corrected chi connectivity index (χ1v) is 13.4. The Bertz CT molecular complexity index is 1480. The van der Waals surface area contributed by atoms with Crippen LogP contribution >= 0.6 is 0 Å². The number of benzene rings is 3. The van der Waals surface area contributed by atoms with Gasteiger partial charge in [0.1, 0.15) is 18.0 Å². The number of hydrogen-bond donors (Lipinski definition) is 5. The molecule has 2 heterocycles. The molecule has 5 rings (SSSR count). The van der Waals surface area contributed by atoms with Crippen LogP contribution in [0.25, 0.3) is 11.3 Å². The summed E-state index contributed by atoms with van der Waals surface area (Å²) in [7, 11) is 1.50. The minimum absolute atomic E-state index is 0.177. The highest BCUT2D eigenvalue weighted by atomic mass is 19.1. The smallest absolute Gasteiger partial charge is 0.249 e. The molecule has 1 amide bonds. The van der Waals surface area contributed by atoms with Gasteiger partial charge in [0.05, 0.1) is 25.1 Å². The fourth-order valence-electron chi connectivity index (χ4n) is 4.65. The van der Waals surface area contributed by atoms with Crippen molar-refractivity contribution in [3.63, 3.8) is 0 Å².